The maximum Gasteiger partial charge on any atom is 0.327 e. The van der Waals surface area contributed by atoms with Crippen LogP contribution in [0, 0.1) is 0 Å². The summed E-state index contributed by atoms with van der Waals surface area (Å²) >= 11 is 12.2. The third-order valence-corrected chi connectivity index (χ3v) is 9.39. The number of morpholine rings is 1. The molecule has 1 aliphatic heterocycles. The zero-order valence-corrected chi connectivity index (χ0v) is 25.2. The molecule has 1 unspecified atom stereocenters. The maximum absolute atomic E-state index is 14.0. The summed E-state index contributed by atoms with van der Waals surface area (Å²) in [6.07, 6.45) is 4.85. The van der Waals surface area contributed by atoms with E-state index in [9.17, 15) is 18.3 Å². The first kappa shape index (κ1) is 30.0. The van der Waals surface area contributed by atoms with Crippen LogP contribution in [0.25, 0.3) is 22.0 Å². The fraction of sp³-hybridized carbons (Fsp3) is 0.300. The number of rotatable bonds is 10. The first-order chi connectivity index (χ1) is 20.2. The van der Waals surface area contributed by atoms with Crippen molar-refractivity contribution in [3.05, 3.63) is 77.0 Å². The van der Waals surface area contributed by atoms with E-state index >= 15 is 0 Å². The van der Waals surface area contributed by atoms with Gasteiger partial charge in [-0.05, 0) is 53.6 Å². The van der Waals surface area contributed by atoms with Crippen LogP contribution in [-0.4, -0.2) is 61.8 Å². The Kier molecular flexibility index (Phi) is 9.17. The molecule has 0 bridgehead atoms. The van der Waals surface area contributed by atoms with Gasteiger partial charge in [0.05, 0.1) is 41.9 Å². The molecular formula is C30H30Cl2N4O5S. The molecule has 0 spiro atoms. The molecule has 42 heavy (non-hydrogen) atoms. The second kappa shape index (κ2) is 12.8. The number of hydrogen-bond donors (Lipinski definition) is 1. The topological polar surface area (TPSA) is 113 Å². The lowest BCUT2D eigenvalue weighted by Gasteiger charge is -2.30. The summed E-state index contributed by atoms with van der Waals surface area (Å²) in [6, 6.07) is 13.4. The number of nitrogens with zero attached hydrogens (tertiary/aromatic N) is 4. The van der Waals surface area contributed by atoms with Gasteiger partial charge in [-0.25, -0.2) is 18.2 Å². The number of hydrogen-bond acceptors (Lipinski definition) is 7. The van der Waals surface area contributed by atoms with Gasteiger partial charge in [-0.15, -0.1) is 0 Å². The molecule has 1 atom stereocenters. The fourth-order valence-electron chi connectivity index (χ4n) is 4.97. The number of sulfonamides is 1. The number of benzene rings is 3. The minimum atomic E-state index is -4.35. The molecule has 0 aliphatic carbocycles. The van der Waals surface area contributed by atoms with E-state index in [0.717, 1.165) is 39.5 Å². The molecule has 2 heterocycles. The third kappa shape index (κ3) is 6.47. The van der Waals surface area contributed by atoms with Crippen molar-refractivity contribution in [2.24, 2.45) is 0 Å². The predicted molar refractivity (Wildman–Crippen MR) is 165 cm³/mol. The Balaban J connectivity index is 1.52. The highest BCUT2D eigenvalue weighted by atomic mass is 35.5. The average Bonchev–Trinajstić information content (AvgIpc) is 2.98. The van der Waals surface area contributed by atoms with Crippen LogP contribution in [0.2, 0.25) is 10.0 Å². The van der Waals surface area contributed by atoms with Gasteiger partial charge in [0.15, 0.2) is 0 Å². The summed E-state index contributed by atoms with van der Waals surface area (Å²) in [4.78, 5) is 23.6. The van der Waals surface area contributed by atoms with Crippen molar-refractivity contribution < 1.29 is 23.1 Å². The van der Waals surface area contributed by atoms with Crippen LogP contribution in [-0.2, 0) is 19.6 Å². The monoisotopic (exact) mass is 628 g/mol. The zero-order chi connectivity index (χ0) is 29.9. The highest BCUT2D eigenvalue weighted by Gasteiger charge is 2.36. The van der Waals surface area contributed by atoms with Crippen LogP contribution in [0.5, 0.6) is 0 Å². The van der Waals surface area contributed by atoms with Crippen molar-refractivity contribution >= 4 is 61.5 Å². The van der Waals surface area contributed by atoms with Gasteiger partial charge in [0, 0.05) is 28.7 Å². The lowest BCUT2D eigenvalue weighted by Crippen LogP contribution is -2.45. The SMILES string of the molecule is CCCCC(C(=O)O)N(c1ccc2cc(-c3cnc(N4CCOCC4)cn3)ccc2c1)S(=O)(=O)c1cc(Cl)cc(Cl)c1. The molecule has 12 heteroatoms. The second-order valence-corrected chi connectivity index (χ2v) is 12.7. The van der Waals surface area contributed by atoms with Crippen LogP contribution < -0.4 is 9.21 Å². The Hall–Kier alpha value is -3.44. The number of anilines is 2. The molecule has 1 aliphatic rings. The number of halogens is 2. The number of aliphatic carboxylic acids is 1. The van der Waals surface area contributed by atoms with E-state index in [1.54, 1.807) is 30.6 Å². The second-order valence-electron chi connectivity index (χ2n) is 10.0. The van der Waals surface area contributed by atoms with Crippen molar-refractivity contribution in [2.45, 2.75) is 37.1 Å². The summed E-state index contributed by atoms with van der Waals surface area (Å²) < 4.78 is 34.3. The number of carboxylic acids is 1. The Morgan fingerprint density at radius 3 is 2.33 bits per heavy atom. The number of carboxylic acid groups (broad SMARTS) is 1. The van der Waals surface area contributed by atoms with Gasteiger partial charge in [-0.3, -0.25) is 9.29 Å². The maximum atomic E-state index is 14.0. The summed E-state index contributed by atoms with van der Waals surface area (Å²) in [5.74, 6) is -0.444. The van der Waals surface area contributed by atoms with Gasteiger partial charge in [0.1, 0.15) is 11.9 Å². The Morgan fingerprint density at radius 1 is 1.00 bits per heavy atom. The predicted octanol–water partition coefficient (Wildman–Crippen LogP) is 6.28. The largest absolute Gasteiger partial charge is 0.480 e. The Labute approximate surface area is 254 Å². The van der Waals surface area contributed by atoms with Gasteiger partial charge in [-0.2, -0.15) is 0 Å². The molecule has 1 aromatic heterocycles. The highest BCUT2D eigenvalue weighted by molar-refractivity contribution is 7.93. The summed E-state index contributed by atoms with van der Waals surface area (Å²) in [6.45, 7) is 4.78. The summed E-state index contributed by atoms with van der Waals surface area (Å²) in [7, 11) is -4.35. The lowest BCUT2D eigenvalue weighted by atomic mass is 10.0. The quantitative estimate of drug-likeness (QED) is 0.218. The molecule has 1 fully saturated rings. The normalized spacial score (nSPS) is 14.6. The van der Waals surface area contributed by atoms with Crippen molar-refractivity contribution in [3.8, 4) is 11.3 Å². The fourth-order valence-corrected chi connectivity index (χ4v) is 7.33. The summed E-state index contributed by atoms with van der Waals surface area (Å²) in [5, 5.41) is 12.0. The standard InChI is InChI=1S/C30H30Cl2N4O5S/c1-2-3-4-28(30(37)38)36(42(39,40)26-16-23(31)15-24(32)17-26)25-8-7-20-13-22(6-5-21(20)14-25)27-18-34-29(19-33-27)35-9-11-41-12-10-35/h5-8,13-19,28H,2-4,9-12H2,1H3,(H,37,38). The number of ether oxygens (including phenoxy) is 1. The van der Waals surface area contributed by atoms with E-state index in [0.29, 0.717) is 31.7 Å². The number of unbranched alkanes of at least 4 members (excludes halogenated alkanes) is 1. The van der Waals surface area contributed by atoms with E-state index < -0.39 is 22.0 Å². The first-order valence-corrected chi connectivity index (χ1v) is 15.8. The average molecular weight is 630 g/mol. The number of fused-ring (bicyclic) bond motifs is 1. The van der Waals surface area contributed by atoms with Crippen LogP contribution in [0.3, 0.4) is 0 Å². The van der Waals surface area contributed by atoms with E-state index in [-0.39, 0.29) is 27.0 Å². The van der Waals surface area contributed by atoms with Gasteiger partial charge in [0.2, 0.25) is 0 Å². The molecule has 0 saturated carbocycles. The minimum absolute atomic E-state index is 0.133. The molecule has 1 saturated heterocycles. The molecule has 220 valence electrons. The molecule has 9 nitrogen and oxygen atoms in total. The molecular weight excluding hydrogens is 599 g/mol. The van der Waals surface area contributed by atoms with E-state index in [2.05, 4.69) is 14.9 Å². The van der Waals surface area contributed by atoms with Crippen molar-refractivity contribution in [1.82, 2.24) is 9.97 Å². The van der Waals surface area contributed by atoms with Crippen molar-refractivity contribution in [3.63, 3.8) is 0 Å². The van der Waals surface area contributed by atoms with Gasteiger partial charge >= 0.3 is 5.97 Å². The molecule has 3 aromatic carbocycles. The first-order valence-electron chi connectivity index (χ1n) is 13.6. The minimum Gasteiger partial charge on any atom is -0.480 e. The molecule has 1 N–H and O–H groups in total. The van der Waals surface area contributed by atoms with Gasteiger partial charge < -0.3 is 14.7 Å². The molecule has 5 rings (SSSR count). The summed E-state index contributed by atoms with van der Waals surface area (Å²) in [5.41, 5.74) is 1.77. The highest BCUT2D eigenvalue weighted by Crippen LogP contribution is 2.34. The van der Waals surface area contributed by atoms with E-state index in [1.807, 2.05) is 25.1 Å². The van der Waals surface area contributed by atoms with E-state index in [1.165, 1.54) is 18.2 Å². The molecule has 0 radical (unpaired) electrons. The number of aromatic nitrogens is 2. The van der Waals surface area contributed by atoms with Crippen molar-refractivity contribution in [1.29, 1.82) is 0 Å². The van der Waals surface area contributed by atoms with Crippen LogP contribution >= 0.6 is 23.2 Å². The zero-order valence-electron chi connectivity index (χ0n) is 22.9. The molecule has 0 amide bonds. The Bertz CT molecular complexity index is 1680. The third-order valence-electron chi connectivity index (χ3n) is 7.14. The van der Waals surface area contributed by atoms with Crippen LogP contribution in [0.15, 0.2) is 71.9 Å². The smallest absolute Gasteiger partial charge is 0.327 e. The lowest BCUT2D eigenvalue weighted by molar-refractivity contribution is -0.138. The molecule has 4 aromatic rings. The van der Waals surface area contributed by atoms with Crippen molar-refractivity contribution in [2.75, 3.05) is 35.5 Å². The van der Waals surface area contributed by atoms with Crippen LogP contribution in [0.1, 0.15) is 26.2 Å². The van der Waals surface area contributed by atoms with Gasteiger partial charge in [0.25, 0.3) is 10.0 Å². The van der Waals surface area contributed by atoms with Crippen LogP contribution in [0.4, 0.5) is 11.5 Å². The number of carbonyl (C=O) groups is 1. The van der Waals surface area contributed by atoms with E-state index in [4.69, 9.17) is 27.9 Å². The van der Waals surface area contributed by atoms with Gasteiger partial charge in [-0.1, -0.05) is 61.2 Å². The Morgan fingerprint density at radius 2 is 1.69 bits per heavy atom.